The molecule has 7 heteroatoms. The van der Waals surface area contributed by atoms with Crippen molar-refractivity contribution in [2.24, 2.45) is 0 Å². The predicted molar refractivity (Wildman–Crippen MR) is 135 cm³/mol. The number of hydrogen-bond donors (Lipinski definition) is 6. The summed E-state index contributed by atoms with van der Waals surface area (Å²) in [6.07, 6.45) is -1.83. The van der Waals surface area contributed by atoms with Gasteiger partial charge in [-0.05, 0) is 59.7 Å². The molecule has 35 heavy (non-hydrogen) atoms. The van der Waals surface area contributed by atoms with Crippen LogP contribution in [-0.2, 0) is 5.41 Å². The summed E-state index contributed by atoms with van der Waals surface area (Å²) in [5.41, 5.74) is 2.10. The van der Waals surface area contributed by atoms with Crippen LogP contribution in [0.25, 0.3) is 0 Å². The first-order valence-corrected chi connectivity index (χ1v) is 10.5. The Kier molecular flexibility index (Phi) is 11.7. The lowest BCUT2D eigenvalue weighted by molar-refractivity contribution is 0.137. The fraction of sp³-hybridized carbons (Fsp3) is 0.107. The van der Waals surface area contributed by atoms with Gasteiger partial charge in [0.05, 0.1) is 0 Å². The summed E-state index contributed by atoms with van der Waals surface area (Å²) in [5, 5.41) is 49.8. The summed E-state index contributed by atoms with van der Waals surface area (Å²) < 4.78 is 0. The van der Waals surface area contributed by atoms with Gasteiger partial charge in [0.15, 0.2) is 0 Å². The third kappa shape index (κ3) is 11.7. The second kappa shape index (κ2) is 14.5. The molecule has 0 aliphatic heterocycles. The Balaban J connectivity index is 0.000000279. The number of phenolic OH excluding ortho intramolecular Hbond substituents is 4. The lowest BCUT2D eigenvalue weighted by Crippen LogP contribution is -2.18. The molecule has 4 rings (SSSR count). The van der Waals surface area contributed by atoms with Crippen LogP contribution in [0, 0.1) is 0 Å². The van der Waals surface area contributed by atoms with E-state index in [1.807, 2.05) is 36.4 Å². The van der Waals surface area contributed by atoms with Crippen LogP contribution in [0.4, 0.5) is 4.79 Å². The van der Waals surface area contributed by atoms with Gasteiger partial charge in [0.25, 0.3) is 0 Å². The molecule has 0 spiro atoms. The van der Waals surface area contributed by atoms with Gasteiger partial charge in [-0.15, -0.1) is 0 Å². The Morgan fingerprint density at radius 1 is 0.486 bits per heavy atom. The Morgan fingerprint density at radius 3 is 0.914 bits per heavy atom. The van der Waals surface area contributed by atoms with Crippen molar-refractivity contribution >= 4 is 6.16 Å². The number of benzene rings is 4. The molecule has 4 aromatic carbocycles. The minimum Gasteiger partial charge on any atom is -0.508 e. The zero-order chi connectivity index (χ0) is 26.3. The third-order valence-corrected chi connectivity index (χ3v) is 4.69. The standard InChI is InChI=1S/C15H16O2.2C6H6O.CH2O3/c1-15(2,11-3-7-13(16)8-4-11)12-5-9-14(17)10-6-12;2*7-6-4-2-1-3-5-6;2-1(3)4/h3-10,16-17H,1-2H3;2*1-5,7H;(H2,2,3,4). The molecule has 184 valence electrons. The molecular formula is C28H30O7. The number of carboxylic acid groups (broad SMARTS) is 2. The average Bonchev–Trinajstić information content (AvgIpc) is 2.81. The SMILES string of the molecule is CC(C)(c1ccc(O)cc1)c1ccc(O)cc1.O=C(O)O.Oc1ccccc1.Oc1ccccc1. The smallest absolute Gasteiger partial charge is 0.503 e. The molecule has 0 heterocycles. The highest BCUT2D eigenvalue weighted by molar-refractivity contribution is 5.53. The fourth-order valence-corrected chi connectivity index (χ4v) is 2.78. The van der Waals surface area contributed by atoms with Gasteiger partial charge in [-0.25, -0.2) is 4.79 Å². The van der Waals surface area contributed by atoms with Crippen molar-refractivity contribution < 1.29 is 35.4 Å². The molecule has 0 fully saturated rings. The van der Waals surface area contributed by atoms with Crippen molar-refractivity contribution in [2.45, 2.75) is 19.3 Å². The second-order valence-electron chi connectivity index (χ2n) is 7.67. The van der Waals surface area contributed by atoms with Crippen molar-refractivity contribution in [1.82, 2.24) is 0 Å². The Bertz CT molecular complexity index is 1020. The Hall–Kier alpha value is -4.65. The maximum Gasteiger partial charge on any atom is 0.503 e. The van der Waals surface area contributed by atoms with Crippen molar-refractivity contribution in [1.29, 1.82) is 0 Å². The number of para-hydroxylation sites is 2. The van der Waals surface area contributed by atoms with Gasteiger partial charge in [0, 0.05) is 5.41 Å². The van der Waals surface area contributed by atoms with Crippen LogP contribution in [0.15, 0.2) is 109 Å². The quantitative estimate of drug-likeness (QED) is 0.195. The molecule has 0 aliphatic rings. The zero-order valence-electron chi connectivity index (χ0n) is 19.5. The molecule has 0 saturated heterocycles. The highest BCUT2D eigenvalue weighted by Gasteiger charge is 2.22. The topological polar surface area (TPSA) is 138 Å². The van der Waals surface area contributed by atoms with Crippen molar-refractivity contribution in [3.8, 4) is 23.0 Å². The van der Waals surface area contributed by atoms with E-state index >= 15 is 0 Å². The molecule has 6 N–H and O–H groups in total. The van der Waals surface area contributed by atoms with Crippen LogP contribution in [0.2, 0.25) is 0 Å². The molecule has 7 nitrogen and oxygen atoms in total. The van der Waals surface area contributed by atoms with Crippen molar-refractivity contribution in [2.75, 3.05) is 0 Å². The van der Waals surface area contributed by atoms with Crippen molar-refractivity contribution in [3.63, 3.8) is 0 Å². The summed E-state index contributed by atoms with van der Waals surface area (Å²) in [7, 11) is 0. The number of carbonyl (C=O) groups is 1. The van der Waals surface area contributed by atoms with Crippen LogP contribution in [0.1, 0.15) is 25.0 Å². The van der Waals surface area contributed by atoms with Gasteiger partial charge < -0.3 is 30.6 Å². The van der Waals surface area contributed by atoms with Gasteiger partial charge in [0.1, 0.15) is 23.0 Å². The van der Waals surface area contributed by atoms with E-state index in [1.165, 1.54) is 0 Å². The monoisotopic (exact) mass is 478 g/mol. The number of aromatic hydroxyl groups is 4. The van der Waals surface area contributed by atoms with E-state index in [9.17, 15) is 10.2 Å². The van der Waals surface area contributed by atoms with Crippen LogP contribution < -0.4 is 0 Å². The maximum atomic E-state index is 9.30. The first-order chi connectivity index (χ1) is 16.5. The van der Waals surface area contributed by atoms with E-state index in [-0.39, 0.29) is 16.9 Å². The van der Waals surface area contributed by atoms with E-state index in [0.717, 1.165) is 11.1 Å². The van der Waals surface area contributed by atoms with Crippen LogP contribution in [-0.4, -0.2) is 36.8 Å². The van der Waals surface area contributed by atoms with E-state index < -0.39 is 6.16 Å². The minimum absolute atomic E-state index is 0.151. The van der Waals surface area contributed by atoms with Gasteiger partial charge in [-0.3, -0.25) is 0 Å². The van der Waals surface area contributed by atoms with Crippen LogP contribution >= 0.6 is 0 Å². The Labute approximate surface area is 204 Å². The van der Waals surface area contributed by atoms with Gasteiger partial charge >= 0.3 is 6.16 Å². The molecule has 0 atom stereocenters. The maximum absolute atomic E-state index is 9.30. The molecule has 0 aromatic heterocycles. The Morgan fingerprint density at radius 2 is 0.714 bits per heavy atom. The van der Waals surface area contributed by atoms with Gasteiger partial charge in [-0.1, -0.05) is 74.5 Å². The van der Waals surface area contributed by atoms with E-state index in [0.29, 0.717) is 11.5 Å². The molecule has 4 aromatic rings. The minimum atomic E-state index is -1.83. The third-order valence-electron chi connectivity index (χ3n) is 4.69. The number of phenols is 4. The average molecular weight is 479 g/mol. The summed E-state index contributed by atoms with van der Waals surface area (Å²) in [6.45, 7) is 4.23. The largest absolute Gasteiger partial charge is 0.508 e. The molecular weight excluding hydrogens is 448 g/mol. The number of hydrogen-bond acceptors (Lipinski definition) is 5. The second-order valence-corrected chi connectivity index (χ2v) is 7.67. The molecule has 0 unspecified atom stereocenters. The first-order valence-electron chi connectivity index (χ1n) is 10.5. The van der Waals surface area contributed by atoms with E-state index in [1.54, 1.807) is 72.8 Å². The molecule has 0 aliphatic carbocycles. The molecule has 0 radical (unpaired) electrons. The van der Waals surface area contributed by atoms with Gasteiger partial charge in [0.2, 0.25) is 0 Å². The van der Waals surface area contributed by atoms with E-state index in [2.05, 4.69) is 13.8 Å². The van der Waals surface area contributed by atoms with Crippen LogP contribution in [0.3, 0.4) is 0 Å². The van der Waals surface area contributed by atoms with Crippen molar-refractivity contribution in [3.05, 3.63) is 120 Å². The normalized spacial score (nSPS) is 9.66. The summed E-state index contributed by atoms with van der Waals surface area (Å²) in [6, 6.07) is 31.9. The molecule has 0 saturated carbocycles. The molecule has 0 amide bonds. The van der Waals surface area contributed by atoms with Crippen LogP contribution in [0.5, 0.6) is 23.0 Å². The highest BCUT2D eigenvalue weighted by atomic mass is 16.6. The predicted octanol–water partition coefficient (Wildman–Crippen LogP) is 6.43. The summed E-state index contributed by atoms with van der Waals surface area (Å²) in [5.74, 6) is 1.19. The number of rotatable bonds is 2. The lowest BCUT2D eigenvalue weighted by Gasteiger charge is -2.26. The summed E-state index contributed by atoms with van der Waals surface area (Å²) in [4.78, 5) is 8.56. The molecule has 0 bridgehead atoms. The lowest BCUT2D eigenvalue weighted by atomic mass is 9.78. The first kappa shape index (κ1) is 28.4. The fourth-order valence-electron chi connectivity index (χ4n) is 2.78. The van der Waals surface area contributed by atoms with E-state index in [4.69, 9.17) is 25.2 Å². The van der Waals surface area contributed by atoms with Gasteiger partial charge in [-0.2, -0.15) is 0 Å². The zero-order valence-corrected chi connectivity index (χ0v) is 19.5. The summed E-state index contributed by atoms with van der Waals surface area (Å²) >= 11 is 0. The highest BCUT2D eigenvalue weighted by Crippen LogP contribution is 2.32.